The van der Waals surface area contributed by atoms with Crippen molar-refractivity contribution in [3.63, 3.8) is 0 Å². The molecule has 0 aliphatic carbocycles. The second-order valence-corrected chi connectivity index (χ2v) is 2.88. The quantitative estimate of drug-likeness (QED) is 0.430. The lowest BCUT2D eigenvalue weighted by atomic mass is 10.2. The van der Waals surface area contributed by atoms with E-state index < -0.39 is 6.10 Å². The van der Waals surface area contributed by atoms with Crippen molar-refractivity contribution in [1.29, 1.82) is 0 Å². The molecule has 0 amide bonds. The maximum Gasteiger partial charge on any atom is 0.100 e. The fourth-order valence-corrected chi connectivity index (χ4v) is 0.635. The van der Waals surface area contributed by atoms with Crippen molar-refractivity contribution >= 4 is 0 Å². The zero-order chi connectivity index (χ0) is 11.2. The van der Waals surface area contributed by atoms with Crippen molar-refractivity contribution in [1.82, 2.24) is 0 Å². The van der Waals surface area contributed by atoms with Gasteiger partial charge < -0.3 is 15.3 Å². The number of aliphatic hydroxyl groups is 3. The average Bonchev–Trinajstić information content (AvgIpc) is 2.24. The molecule has 0 unspecified atom stereocenters. The van der Waals surface area contributed by atoms with Gasteiger partial charge in [-0.25, -0.2) is 0 Å². The minimum absolute atomic E-state index is 0.365. The molecule has 0 aromatic carbocycles. The first-order chi connectivity index (χ1) is 6.72. The van der Waals surface area contributed by atoms with Gasteiger partial charge in [-0.15, -0.1) is 13.2 Å². The molecule has 84 valence electrons. The van der Waals surface area contributed by atoms with Gasteiger partial charge in [0, 0.05) is 0 Å². The summed E-state index contributed by atoms with van der Waals surface area (Å²) >= 11 is 0. The van der Waals surface area contributed by atoms with Crippen LogP contribution in [0.3, 0.4) is 0 Å². The molecule has 3 heteroatoms. The number of hydrogen-bond acceptors (Lipinski definition) is 3. The van der Waals surface area contributed by atoms with Gasteiger partial charge in [-0.05, 0) is 25.7 Å². The molecule has 14 heavy (non-hydrogen) atoms. The van der Waals surface area contributed by atoms with Crippen LogP contribution >= 0.6 is 0 Å². The van der Waals surface area contributed by atoms with E-state index in [0.29, 0.717) is 0 Å². The first-order valence-corrected chi connectivity index (χ1v) is 4.84. The molecule has 0 bridgehead atoms. The minimum atomic E-state index is -0.954. The Labute approximate surface area is 86.4 Å². The van der Waals surface area contributed by atoms with Crippen LogP contribution in [-0.2, 0) is 0 Å². The molecule has 0 spiro atoms. The van der Waals surface area contributed by atoms with Crippen molar-refractivity contribution in [2.24, 2.45) is 0 Å². The highest BCUT2D eigenvalue weighted by molar-refractivity contribution is 4.69. The van der Waals surface area contributed by atoms with Gasteiger partial charge in [-0.1, -0.05) is 12.2 Å². The van der Waals surface area contributed by atoms with E-state index in [-0.39, 0.29) is 13.2 Å². The minimum Gasteiger partial charge on any atom is -0.394 e. The zero-order valence-electron chi connectivity index (χ0n) is 8.73. The van der Waals surface area contributed by atoms with Crippen molar-refractivity contribution in [3.05, 3.63) is 25.3 Å². The molecule has 3 N–H and O–H groups in total. The third kappa shape index (κ3) is 17.4. The molecule has 0 aromatic heterocycles. The predicted octanol–water partition coefficient (Wildman–Crippen LogP) is 1.25. The number of allylic oxidation sites excluding steroid dienone is 2. The first kappa shape index (κ1) is 15.8. The summed E-state index contributed by atoms with van der Waals surface area (Å²) in [6.45, 7) is 6.54. The van der Waals surface area contributed by atoms with E-state index in [9.17, 15) is 0 Å². The van der Waals surface area contributed by atoms with Crippen LogP contribution in [0.1, 0.15) is 25.7 Å². The molecule has 0 atom stereocenters. The van der Waals surface area contributed by atoms with Gasteiger partial charge in [0.25, 0.3) is 0 Å². The topological polar surface area (TPSA) is 60.7 Å². The van der Waals surface area contributed by atoms with Gasteiger partial charge in [0.2, 0.25) is 0 Å². The number of hydrogen-bond donors (Lipinski definition) is 3. The first-order valence-electron chi connectivity index (χ1n) is 4.84. The molecule has 0 saturated carbocycles. The van der Waals surface area contributed by atoms with Crippen molar-refractivity contribution < 1.29 is 15.3 Å². The third-order valence-electron chi connectivity index (χ3n) is 1.49. The Morgan fingerprint density at radius 2 is 1.29 bits per heavy atom. The Morgan fingerprint density at radius 3 is 1.43 bits per heavy atom. The van der Waals surface area contributed by atoms with Crippen LogP contribution in [0.5, 0.6) is 0 Å². The summed E-state index contributed by atoms with van der Waals surface area (Å²) in [4.78, 5) is 0. The van der Waals surface area contributed by atoms with Crippen LogP contribution in [0.2, 0.25) is 0 Å². The fourth-order valence-electron chi connectivity index (χ4n) is 0.635. The van der Waals surface area contributed by atoms with Crippen molar-refractivity contribution in [3.8, 4) is 0 Å². The lowest BCUT2D eigenvalue weighted by molar-refractivity contribution is 0.0450. The van der Waals surface area contributed by atoms with Crippen LogP contribution in [0.25, 0.3) is 0 Å². The van der Waals surface area contributed by atoms with Gasteiger partial charge in [-0.2, -0.15) is 0 Å². The number of unbranched alkanes of at least 4 members (excludes halogenated alkanes) is 3. The third-order valence-corrected chi connectivity index (χ3v) is 1.49. The molecule has 0 radical (unpaired) electrons. The summed E-state index contributed by atoms with van der Waals surface area (Å²) in [6.07, 6.45) is 7.78. The molecule has 0 fully saturated rings. The number of rotatable bonds is 7. The highest BCUT2D eigenvalue weighted by atomic mass is 16.3. The Morgan fingerprint density at radius 1 is 0.929 bits per heavy atom. The molecular weight excluding hydrogens is 180 g/mol. The highest BCUT2D eigenvalue weighted by Gasteiger charge is 1.93. The van der Waals surface area contributed by atoms with Gasteiger partial charge >= 0.3 is 0 Å². The summed E-state index contributed by atoms with van der Waals surface area (Å²) < 4.78 is 0. The lowest BCUT2D eigenvalue weighted by Gasteiger charge is -1.96. The molecule has 0 rings (SSSR count). The lowest BCUT2D eigenvalue weighted by Crippen LogP contribution is -2.15. The summed E-state index contributed by atoms with van der Waals surface area (Å²) in [6, 6.07) is 0. The van der Waals surface area contributed by atoms with E-state index in [1.54, 1.807) is 0 Å². The van der Waals surface area contributed by atoms with Gasteiger partial charge in [-0.3, -0.25) is 0 Å². The maximum absolute atomic E-state index is 8.17. The molecule has 0 aliphatic rings. The van der Waals surface area contributed by atoms with Crippen LogP contribution in [-0.4, -0.2) is 34.6 Å². The maximum atomic E-state index is 8.17. The van der Waals surface area contributed by atoms with Gasteiger partial charge in [0.05, 0.1) is 13.2 Å². The molecule has 0 heterocycles. The SMILES string of the molecule is C=CCCCCC=C.OCC(O)CO. The second kappa shape index (κ2) is 14.9. The second-order valence-electron chi connectivity index (χ2n) is 2.88. The van der Waals surface area contributed by atoms with E-state index in [0.717, 1.165) is 12.8 Å². The van der Waals surface area contributed by atoms with Gasteiger partial charge in [0.15, 0.2) is 0 Å². The summed E-state index contributed by atoms with van der Waals surface area (Å²) in [5.74, 6) is 0. The van der Waals surface area contributed by atoms with E-state index in [4.69, 9.17) is 15.3 Å². The van der Waals surface area contributed by atoms with Crippen LogP contribution < -0.4 is 0 Å². The molecular formula is C11H22O3. The largest absolute Gasteiger partial charge is 0.394 e. The van der Waals surface area contributed by atoms with E-state index in [2.05, 4.69) is 13.2 Å². The van der Waals surface area contributed by atoms with E-state index in [1.807, 2.05) is 12.2 Å². The molecule has 0 aliphatic heterocycles. The number of aliphatic hydroxyl groups excluding tert-OH is 3. The van der Waals surface area contributed by atoms with E-state index >= 15 is 0 Å². The highest BCUT2D eigenvalue weighted by Crippen LogP contribution is 1.99. The fraction of sp³-hybridized carbons (Fsp3) is 0.636. The molecule has 0 saturated heterocycles. The predicted molar refractivity (Wildman–Crippen MR) is 59.0 cm³/mol. The average molecular weight is 202 g/mol. The monoisotopic (exact) mass is 202 g/mol. The summed E-state index contributed by atoms with van der Waals surface area (Å²) in [5.41, 5.74) is 0. The van der Waals surface area contributed by atoms with Crippen molar-refractivity contribution in [2.45, 2.75) is 31.8 Å². The Hall–Kier alpha value is -0.640. The Balaban J connectivity index is 0. The zero-order valence-corrected chi connectivity index (χ0v) is 8.73. The summed E-state index contributed by atoms with van der Waals surface area (Å²) in [5, 5.41) is 24.0. The van der Waals surface area contributed by atoms with Crippen LogP contribution in [0.4, 0.5) is 0 Å². The summed E-state index contributed by atoms with van der Waals surface area (Å²) in [7, 11) is 0. The Bertz CT molecular complexity index is 110. The van der Waals surface area contributed by atoms with Crippen LogP contribution in [0, 0.1) is 0 Å². The standard InChI is InChI=1S/C8H14.C3H8O3/c1-3-5-7-8-6-4-2;4-1-3(6)2-5/h3-4H,1-2,5-8H2;3-6H,1-2H2. The molecule has 0 aromatic rings. The Kier molecular flexibility index (Phi) is 16.8. The normalized spacial score (nSPS) is 9.14. The van der Waals surface area contributed by atoms with E-state index in [1.165, 1.54) is 12.8 Å². The molecule has 3 nitrogen and oxygen atoms in total. The van der Waals surface area contributed by atoms with Crippen LogP contribution in [0.15, 0.2) is 25.3 Å². The van der Waals surface area contributed by atoms with Crippen molar-refractivity contribution in [2.75, 3.05) is 13.2 Å². The smallest absolute Gasteiger partial charge is 0.100 e. The van der Waals surface area contributed by atoms with Gasteiger partial charge in [0.1, 0.15) is 6.10 Å².